The third-order valence-electron chi connectivity index (χ3n) is 2.10. The number of hydrogen-bond acceptors (Lipinski definition) is 4. The molecule has 0 fully saturated rings. The summed E-state index contributed by atoms with van der Waals surface area (Å²) in [6, 6.07) is 0. The summed E-state index contributed by atoms with van der Waals surface area (Å²) >= 11 is 1.48. The molecule has 0 aliphatic heterocycles. The van der Waals surface area contributed by atoms with Gasteiger partial charge in [0.15, 0.2) is 0 Å². The molecule has 74 valence electrons. The molecule has 0 aromatic carbocycles. The van der Waals surface area contributed by atoms with E-state index >= 15 is 0 Å². The predicted octanol–water partition coefficient (Wildman–Crippen LogP) is 1.44. The number of hydrogen-bond donors (Lipinski definition) is 1. The summed E-state index contributed by atoms with van der Waals surface area (Å²) in [5, 5.41) is 11.8. The van der Waals surface area contributed by atoms with Gasteiger partial charge in [-0.15, -0.1) is 11.3 Å². The van der Waals surface area contributed by atoms with Crippen LogP contribution in [-0.2, 0) is 6.54 Å². The first-order chi connectivity index (χ1) is 6.83. The van der Waals surface area contributed by atoms with Gasteiger partial charge in [-0.3, -0.25) is 0 Å². The van der Waals surface area contributed by atoms with Crippen molar-refractivity contribution in [2.45, 2.75) is 19.6 Å². The van der Waals surface area contributed by atoms with Crippen molar-refractivity contribution in [1.29, 1.82) is 0 Å². The fourth-order valence-electron chi connectivity index (χ4n) is 1.33. The van der Waals surface area contributed by atoms with Gasteiger partial charge in [-0.05, 0) is 6.92 Å². The summed E-state index contributed by atoms with van der Waals surface area (Å²) in [4.78, 5) is 8.08. The Kier molecular flexibility index (Phi) is 2.60. The first-order valence-electron chi connectivity index (χ1n) is 4.39. The minimum atomic E-state index is -0.663. The second-order valence-electron chi connectivity index (χ2n) is 2.92. The fraction of sp³-hybridized carbons (Fsp3) is 0.333. The molecule has 0 amide bonds. The lowest BCUT2D eigenvalue weighted by molar-refractivity contribution is 0.206. The lowest BCUT2D eigenvalue weighted by Gasteiger charge is -2.09. The lowest BCUT2D eigenvalue weighted by Crippen LogP contribution is -2.07. The number of aromatic nitrogens is 3. The Labute approximate surface area is 85.9 Å². The Bertz CT molecular complexity index is 396. The van der Waals surface area contributed by atoms with Gasteiger partial charge in [-0.1, -0.05) is 0 Å². The van der Waals surface area contributed by atoms with Crippen molar-refractivity contribution in [3.05, 3.63) is 34.8 Å². The number of aryl methyl sites for hydroxylation is 1. The summed E-state index contributed by atoms with van der Waals surface area (Å²) in [6.45, 7) is 2.81. The van der Waals surface area contributed by atoms with E-state index in [9.17, 15) is 5.11 Å². The molecule has 2 rings (SSSR count). The van der Waals surface area contributed by atoms with Crippen LogP contribution in [0.15, 0.2) is 23.4 Å². The molecule has 4 nitrogen and oxygen atoms in total. The van der Waals surface area contributed by atoms with Crippen LogP contribution in [0.4, 0.5) is 0 Å². The van der Waals surface area contributed by atoms with Gasteiger partial charge < -0.3 is 9.67 Å². The number of nitrogens with zero attached hydrogens (tertiary/aromatic N) is 3. The second kappa shape index (κ2) is 3.89. The van der Waals surface area contributed by atoms with Crippen molar-refractivity contribution in [3.8, 4) is 0 Å². The van der Waals surface area contributed by atoms with E-state index in [1.54, 1.807) is 18.0 Å². The van der Waals surface area contributed by atoms with Crippen LogP contribution in [-0.4, -0.2) is 19.6 Å². The molecule has 2 aromatic heterocycles. The number of thiazole rings is 1. The topological polar surface area (TPSA) is 50.9 Å². The van der Waals surface area contributed by atoms with Crippen molar-refractivity contribution in [1.82, 2.24) is 14.5 Å². The zero-order valence-corrected chi connectivity index (χ0v) is 8.61. The van der Waals surface area contributed by atoms with Crippen molar-refractivity contribution in [2.24, 2.45) is 0 Å². The van der Waals surface area contributed by atoms with Gasteiger partial charge in [-0.25, -0.2) is 9.97 Å². The van der Waals surface area contributed by atoms with Crippen molar-refractivity contribution in [2.75, 3.05) is 0 Å². The van der Waals surface area contributed by atoms with E-state index in [2.05, 4.69) is 9.97 Å². The third kappa shape index (κ3) is 1.56. The van der Waals surface area contributed by atoms with Gasteiger partial charge in [0, 0.05) is 11.9 Å². The molecular weight excluding hydrogens is 198 g/mol. The number of rotatable bonds is 3. The lowest BCUT2D eigenvalue weighted by atomic mass is 10.2. The molecule has 14 heavy (non-hydrogen) atoms. The molecule has 0 radical (unpaired) electrons. The van der Waals surface area contributed by atoms with Crippen molar-refractivity contribution >= 4 is 11.3 Å². The molecule has 0 spiro atoms. The van der Waals surface area contributed by atoms with E-state index < -0.39 is 6.10 Å². The Morgan fingerprint density at radius 1 is 1.64 bits per heavy atom. The van der Waals surface area contributed by atoms with Gasteiger partial charge in [0.2, 0.25) is 0 Å². The average Bonchev–Trinajstić information content (AvgIpc) is 2.87. The zero-order valence-electron chi connectivity index (χ0n) is 7.79. The molecule has 1 unspecified atom stereocenters. The van der Waals surface area contributed by atoms with Gasteiger partial charge in [-0.2, -0.15) is 0 Å². The van der Waals surface area contributed by atoms with Gasteiger partial charge >= 0.3 is 0 Å². The smallest absolute Gasteiger partial charge is 0.138 e. The maximum atomic E-state index is 9.96. The summed E-state index contributed by atoms with van der Waals surface area (Å²) in [7, 11) is 0. The molecule has 0 aliphatic carbocycles. The van der Waals surface area contributed by atoms with E-state index in [1.165, 1.54) is 11.3 Å². The Hall–Kier alpha value is -1.20. The normalized spacial score (nSPS) is 13.0. The summed E-state index contributed by atoms with van der Waals surface area (Å²) < 4.78 is 1.91. The zero-order chi connectivity index (χ0) is 9.97. The predicted molar refractivity (Wildman–Crippen MR) is 54.1 cm³/mol. The highest BCUT2D eigenvalue weighted by Gasteiger charge is 2.15. The number of aliphatic hydroxyl groups is 1. The van der Waals surface area contributed by atoms with E-state index in [1.807, 2.05) is 16.9 Å². The highest BCUT2D eigenvalue weighted by Crippen LogP contribution is 2.20. The molecule has 0 saturated carbocycles. The van der Waals surface area contributed by atoms with Crippen LogP contribution in [0.25, 0.3) is 0 Å². The van der Waals surface area contributed by atoms with E-state index in [0.29, 0.717) is 5.69 Å². The molecule has 2 heterocycles. The van der Waals surface area contributed by atoms with Gasteiger partial charge in [0.05, 0.1) is 29.4 Å². The first-order valence-corrected chi connectivity index (χ1v) is 5.33. The van der Waals surface area contributed by atoms with Crippen LogP contribution in [0.5, 0.6) is 0 Å². The third-order valence-corrected chi connectivity index (χ3v) is 2.70. The summed E-state index contributed by atoms with van der Waals surface area (Å²) in [5.74, 6) is 0. The second-order valence-corrected chi connectivity index (χ2v) is 3.64. The molecule has 2 aromatic rings. The van der Waals surface area contributed by atoms with Crippen LogP contribution in [0.2, 0.25) is 0 Å². The Morgan fingerprint density at radius 3 is 3.14 bits per heavy atom. The number of imidazole rings is 1. The number of aliphatic hydroxyl groups excluding tert-OH is 1. The molecule has 1 N–H and O–H groups in total. The minimum absolute atomic E-state index is 0.663. The fourth-order valence-corrected chi connectivity index (χ4v) is 1.90. The highest BCUT2D eigenvalue weighted by molar-refractivity contribution is 7.07. The molecule has 5 heteroatoms. The largest absolute Gasteiger partial charge is 0.380 e. The molecule has 0 bridgehead atoms. The summed E-state index contributed by atoms with van der Waals surface area (Å²) in [5.41, 5.74) is 3.19. The van der Waals surface area contributed by atoms with Crippen LogP contribution in [0.1, 0.15) is 24.4 Å². The Balaban J connectivity index is 2.31. The SMILES string of the molecule is CCn1cncc1C(O)c1cscn1. The maximum absolute atomic E-state index is 9.96. The quantitative estimate of drug-likeness (QED) is 0.832. The monoisotopic (exact) mass is 209 g/mol. The van der Waals surface area contributed by atoms with Gasteiger partial charge in [0.25, 0.3) is 0 Å². The van der Waals surface area contributed by atoms with E-state index in [0.717, 1.165) is 12.2 Å². The Morgan fingerprint density at radius 2 is 2.50 bits per heavy atom. The van der Waals surface area contributed by atoms with Crippen LogP contribution < -0.4 is 0 Å². The molecule has 0 saturated heterocycles. The molecule has 0 aliphatic rings. The first kappa shape index (κ1) is 9.36. The van der Waals surface area contributed by atoms with Crippen LogP contribution in [0.3, 0.4) is 0 Å². The average molecular weight is 209 g/mol. The van der Waals surface area contributed by atoms with Crippen molar-refractivity contribution in [3.63, 3.8) is 0 Å². The highest BCUT2D eigenvalue weighted by atomic mass is 32.1. The minimum Gasteiger partial charge on any atom is -0.380 e. The van der Waals surface area contributed by atoms with E-state index in [-0.39, 0.29) is 0 Å². The molecule has 1 atom stereocenters. The van der Waals surface area contributed by atoms with Gasteiger partial charge in [0.1, 0.15) is 6.10 Å². The van der Waals surface area contributed by atoms with Crippen LogP contribution >= 0.6 is 11.3 Å². The summed E-state index contributed by atoms with van der Waals surface area (Å²) in [6.07, 6.45) is 2.72. The maximum Gasteiger partial charge on any atom is 0.138 e. The van der Waals surface area contributed by atoms with Crippen molar-refractivity contribution < 1.29 is 5.11 Å². The van der Waals surface area contributed by atoms with E-state index in [4.69, 9.17) is 0 Å². The standard InChI is InChI=1S/C9H11N3OS/c1-2-12-5-10-3-8(12)9(13)7-4-14-6-11-7/h3-6,9,13H,2H2,1H3. The molecular formula is C9H11N3OS. The van der Waals surface area contributed by atoms with Crippen LogP contribution in [0, 0.1) is 0 Å².